The summed E-state index contributed by atoms with van der Waals surface area (Å²) in [5.41, 5.74) is -4.10. The lowest BCUT2D eigenvalue weighted by Crippen LogP contribution is -2.56. The van der Waals surface area contributed by atoms with Crippen LogP contribution in [0.1, 0.15) is 25.8 Å². The summed E-state index contributed by atoms with van der Waals surface area (Å²) in [5.74, 6) is -3.57. The molecule has 0 aliphatic carbocycles. The quantitative estimate of drug-likeness (QED) is 0.240. The number of phenols is 1. The van der Waals surface area contributed by atoms with Gasteiger partial charge in [-0.25, -0.2) is 8.78 Å². The molecule has 0 unspecified atom stereocenters. The first-order valence-corrected chi connectivity index (χ1v) is 12.7. The highest BCUT2D eigenvalue weighted by atomic mass is 19.4. The van der Waals surface area contributed by atoms with E-state index in [-0.39, 0.29) is 43.0 Å². The monoisotopic (exact) mass is 567 g/mol. The van der Waals surface area contributed by atoms with E-state index in [0.717, 1.165) is 18.2 Å². The van der Waals surface area contributed by atoms with Gasteiger partial charge >= 0.3 is 12.2 Å². The van der Waals surface area contributed by atoms with Crippen molar-refractivity contribution in [2.24, 2.45) is 0 Å². The molecule has 2 heterocycles. The average molecular weight is 568 g/mol. The van der Waals surface area contributed by atoms with E-state index in [9.17, 15) is 27.5 Å². The highest BCUT2D eigenvalue weighted by Gasteiger charge is 2.39. The van der Waals surface area contributed by atoms with E-state index in [4.69, 9.17) is 4.74 Å². The predicted octanol–water partition coefficient (Wildman–Crippen LogP) is 4.69. The summed E-state index contributed by atoms with van der Waals surface area (Å²) in [7, 11) is 3.75. The molecule has 1 N–H and O–H groups in total. The number of phenolic OH excluding ortho intramolecular Hbond substituents is 1. The van der Waals surface area contributed by atoms with Crippen molar-refractivity contribution in [3.8, 4) is 22.9 Å². The molecule has 1 aromatic heterocycles. The topological polar surface area (TPSA) is 82.0 Å². The number of piperazine rings is 1. The maximum atomic E-state index is 16.2. The number of alkyl halides is 3. The van der Waals surface area contributed by atoms with Crippen LogP contribution in [0, 0.1) is 11.6 Å². The average Bonchev–Trinajstić information content (AvgIpc) is 2.87. The minimum Gasteiger partial charge on any atom is -0.507 e. The zero-order valence-electron chi connectivity index (χ0n) is 22.5. The molecule has 2 aromatic carbocycles. The number of hydrogen-bond acceptors (Lipinski definition) is 7. The fourth-order valence-corrected chi connectivity index (χ4v) is 4.84. The molecule has 1 aliphatic rings. The number of benzene rings is 2. The number of carbonyl (C=O) groups is 1. The predicted molar refractivity (Wildman–Crippen MR) is 139 cm³/mol. The fourth-order valence-electron chi connectivity index (χ4n) is 4.84. The maximum Gasteiger partial charge on any atom is 0.417 e. The molecule has 8 nitrogen and oxygen atoms in total. The Morgan fingerprint density at radius 3 is 2.48 bits per heavy atom. The van der Waals surface area contributed by atoms with Crippen molar-refractivity contribution in [1.82, 2.24) is 19.8 Å². The number of ether oxygens (including phenoxy) is 1. The Hall–Kier alpha value is -3.74. The smallest absolute Gasteiger partial charge is 0.417 e. The van der Waals surface area contributed by atoms with Crippen LogP contribution in [0.4, 0.5) is 27.8 Å². The fraction of sp³-hybridized carbons (Fsp3) is 0.444. The third-order valence-corrected chi connectivity index (χ3v) is 6.86. The molecule has 0 bridgehead atoms. The van der Waals surface area contributed by atoms with Crippen LogP contribution in [-0.2, 0) is 11.0 Å². The molecular formula is C27H30F5N5O3. The van der Waals surface area contributed by atoms with E-state index in [1.165, 1.54) is 0 Å². The van der Waals surface area contributed by atoms with Gasteiger partial charge in [0, 0.05) is 42.7 Å². The summed E-state index contributed by atoms with van der Waals surface area (Å²) in [5, 5.41) is 10.0. The van der Waals surface area contributed by atoms with E-state index in [2.05, 4.69) is 9.97 Å². The van der Waals surface area contributed by atoms with Crippen molar-refractivity contribution < 1.29 is 36.6 Å². The van der Waals surface area contributed by atoms with Crippen molar-refractivity contribution in [3.63, 3.8) is 0 Å². The highest BCUT2D eigenvalue weighted by molar-refractivity contribution is 5.96. The van der Waals surface area contributed by atoms with Crippen LogP contribution in [0.15, 0.2) is 24.3 Å². The Balaban J connectivity index is 1.98. The van der Waals surface area contributed by atoms with Gasteiger partial charge in [-0.3, -0.25) is 4.79 Å². The molecule has 3 aromatic rings. The second kappa shape index (κ2) is 11.4. The van der Waals surface area contributed by atoms with Crippen molar-refractivity contribution in [2.45, 2.75) is 38.5 Å². The summed E-state index contributed by atoms with van der Waals surface area (Å²) >= 11 is 0. The lowest BCUT2D eigenvalue weighted by atomic mass is 9.94. The van der Waals surface area contributed by atoms with Gasteiger partial charge < -0.3 is 24.5 Å². The molecular weight excluding hydrogens is 537 g/mol. The summed E-state index contributed by atoms with van der Waals surface area (Å²) in [4.78, 5) is 25.1. The number of amides is 1. The van der Waals surface area contributed by atoms with Gasteiger partial charge in [-0.2, -0.15) is 23.1 Å². The molecule has 0 radical (unpaired) electrons. The number of fused-ring (bicyclic) bond motifs is 1. The molecule has 1 fully saturated rings. The summed E-state index contributed by atoms with van der Waals surface area (Å²) in [6.45, 7) is 4.81. The van der Waals surface area contributed by atoms with E-state index in [0.29, 0.717) is 25.4 Å². The second-order valence-electron chi connectivity index (χ2n) is 10.1. The molecule has 13 heteroatoms. The Kier molecular flexibility index (Phi) is 8.33. The first-order valence-electron chi connectivity index (χ1n) is 12.7. The molecule has 1 saturated heterocycles. The number of halogens is 5. The number of carbonyl (C=O) groups excluding carboxylic acids is 1. The Morgan fingerprint density at radius 2 is 1.85 bits per heavy atom. The second-order valence-corrected chi connectivity index (χ2v) is 10.1. The van der Waals surface area contributed by atoms with Crippen LogP contribution in [0.5, 0.6) is 11.8 Å². The number of nitrogens with zero attached hydrogens (tertiary/aromatic N) is 5. The van der Waals surface area contributed by atoms with Crippen molar-refractivity contribution in [2.75, 3.05) is 45.2 Å². The number of aromatic nitrogens is 2. The number of rotatable bonds is 8. The van der Waals surface area contributed by atoms with Gasteiger partial charge in [0.1, 0.15) is 22.9 Å². The molecule has 40 heavy (non-hydrogen) atoms. The van der Waals surface area contributed by atoms with Crippen LogP contribution < -0.4 is 9.64 Å². The Morgan fingerprint density at radius 1 is 1.12 bits per heavy atom. The van der Waals surface area contributed by atoms with Crippen molar-refractivity contribution in [3.05, 3.63) is 41.5 Å². The van der Waals surface area contributed by atoms with Crippen LogP contribution in [0.3, 0.4) is 0 Å². The van der Waals surface area contributed by atoms with Gasteiger partial charge in [-0.15, -0.1) is 0 Å². The largest absolute Gasteiger partial charge is 0.507 e. The molecule has 0 spiro atoms. The molecule has 0 saturated carbocycles. The van der Waals surface area contributed by atoms with Crippen LogP contribution in [0.2, 0.25) is 0 Å². The molecule has 2 atom stereocenters. The van der Waals surface area contributed by atoms with Crippen LogP contribution in [-0.4, -0.2) is 83.7 Å². The summed E-state index contributed by atoms with van der Waals surface area (Å²) in [6.07, 6.45) is -3.85. The minimum atomic E-state index is -5.12. The van der Waals surface area contributed by atoms with E-state index in [1.807, 2.05) is 19.0 Å². The van der Waals surface area contributed by atoms with Crippen molar-refractivity contribution >= 4 is 23.1 Å². The van der Waals surface area contributed by atoms with Crippen molar-refractivity contribution in [1.29, 1.82) is 0 Å². The molecule has 4 rings (SSSR count). The summed E-state index contributed by atoms with van der Waals surface area (Å²) in [6, 6.07) is 2.61. The van der Waals surface area contributed by atoms with Gasteiger partial charge in [0.2, 0.25) is 6.41 Å². The van der Waals surface area contributed by atoms with Gasteiger partial charge in [-0.05, 0) is 52.6 Å². The molecule has 216 valence electrons. The zero-order valence-corrected chi connectivity index (χ0v) is 22.5. The Labute approximate surface area is 228 Å². The van der Waals surface area contributed by atoms with E-state index in [1.54, 1.807) is 23.6 Å². The van der Waals surface area contributed by atoms with Gasteiger partial charge in [0.05, 0.1) is 17.7 Å². The third-order valence-electron chi connectivity index (χ3n) is 6.86. The lowest BCUT2D eigenvalue weighted by molar-refractivity contribution is -0.137. The SMILES string of the molecule is C[C@@H]1CN(c2nc(OCCCN(C)C)nc3c(F)c(-c4c(O)cccc4F)c(C(F)(F)F)cc23)[C@@H](C)CN1C=O. The van der Waals surface area contributed by atoms with Gasteiger partial charge in [-0.1, -0.05) is 6.07 Å². The highest BCUT2D eigenvalue weighted by Crippen LogP contribution is 2.46. The first-order chi connectivity index (χ1) is 18.8. The van der Waals surface area contributed by atoms with E-state index < -0.39 is 51.8 Å². The standard InChI is InChI=1S/C27H30F5N5O3/c1-15-13-37(16(2)12-36(15)14-38)25-17-11-18(27(30,31)32)21(22-19(28)7-5-8-20(22)39)23(29)24(17)33-26(34-25)40-10-6-9-35(3)4/h5,7-8,11,14-16,39H,6,9-10,12-13H2,1-4H3/t15-,16+/m1/s1. The Bertz CT molecular complexity index is 1380. The zero-order chi connectivity index (χ0) is 29.4. The molecule has 1 aliphatic heterocycles. The normalized spacial score (nSPS) is 18.1. The van der Waals surface area contributed by atoms with Crippen LogP contribution in [0.25, 0.3) is 22.0 Å². The minimum absolute atomic E-state index is 0.00814. The first kappa shape index (κ1) is 29.2. The number of aromatic hydroxyl groups is 1. The summed E-state index contributed by atoms with van der Waals surface area (Å²) < 4.78 is 79.8. The third kappa shape index (κ3) is 5.74. The number of anilines is 1. The molecule has 1 amide bonds. The van der Waals surface area contributed by atoms with E-state index >= 15 is 4.39 Å². The van der Waals surface area contributed by atoms with Gasteiger partial charge in [0.25, 0.3) is 0 Å². The lowest BCUT2D eigenvalue weighted by Gasteiger charge is -2.43. The maximum absolute atomic E-state index is 16.2. The van der Waals surface area contributed by atoms with Crippen LogP contribution >= 0.6 is 0 Å². The number of hydrogen-bond donors (Lipinski definition) is 1. The van der Waals surface area contributed by atoms with Gasteiger partial charge in [0.15, 0.2) is 5.82 Å².